The summed E-state index contributed by atoms with van der Waals surface area (Å²) in [5.41, 5.74) is 3.98. The van der Waals surface area contributed by atoms with Crippen LogP contribution in [0.5, 0.6) is 0 Å². The van der Waals surface area contributed by atoms with Gasteiger partial charge in [-0.25, -0.2) is 0 Å². The third kappa shape index (κ3) is 2.96. The van der Waals surface area contributed by atoms with Crippen LogP contribution in [0.25, 0.3) is 0 Å². The topological polar surface area (TPSA) is 26.3 Å². The molecule has 2 heteroatoms. The molecule has 1 heterocycles. The summed E-state index contributed by atoms with van der Waals surface area (Å²) >= 11 is 0. The van der Waals surface area contributed by atoms with Gasteiger partial charge in [0.1, 0.15) is 5.78 Å². The molecule has 0 bridgehead atoms. The van der Waals surface area contributed by atoms with E-state index in [2.05, 4.69) is 60.6 Å². The molecule has 0 unspecified atom stereocenters. The number of carbonyl (C=O) groups excluding carboxylic acids is 1. The van der Waals surface area contributed by atoms with Crippen LogP contribution in [-0.2, 0) is 9.53 Å². The van der Waals surface area contributed by atoms with Crippen LogP contribution < -0.4 is 0 Å². The SMILES string of the molecule is CC(C)=C[C@H]1C[C@@H]([C@@H]2CC[C@]3(C)C4=CC[C@H]5C(C)(C)C(=O)CC[C@]5(C)[C@@H]4CC[C@@]23C)CO1. The molecule has 0 radical (unpaired) electrons. The summed E-state index contributed by atoms with van der Waals surface area (Å²) in [4.78, 5) is 12.8. The number of allylic oxidation sites excluding steroid dienone is 3. The third-order valence-electron chi connectivity index (χ3n) is 11.8. The van der Waals surface area contributed by atoms with Crippen molar-refractivity contribution in [1.29, 1.82) is 0 Å². The monoisotopic (exact) mass is 438 g/mol. The number of hydrogen-bond acceptors (Lipinski definition) is 2. The van der Waals surface area contributed by atoms with Crippen molar-refractivity contribution < 1.29 is 9.53 Å². The van der Waals surface area contributed by atoms with Crippen LogP contribution in [0.1, 0.15) is 99.8 Å². The van der Waals surface area contributed by atoms with E-state index in [0.717, 1.165) is 31.8 Å². The van der Waals surface area contributed by atoms with Gasteiger partial charge in [0.25, 0.3) is 0 Å². The Balaban J connectivity index is 1.45. The molecule has 0 N–H and O–H groups in total. The molecule has 0 aromatic carbocycles. The summed E-state index contributed by atoms with van der Waals surface area (Å²) in [6.45, 7) is 17.6. The fourth-order valence-electron chi connectivity index (χ4n) is 9.76. The van der Waals surface area contributed by atoms with Crippen molar-refractivity contribution in [3.8, 4) is 0 Å². The summed E-state index contributed by atoms with van der Waals surface area (Å²) in [5.74, 6) is 3.15. The molecule has 178 valence electrons. The molecule has 0 aromatic heterocycles. The van der Waals surface area contributed by atoms with Crippen molar-refractivity contribution in [3.05, 3.63) is 23.3 Å². The van der Waals surface area contributed by atoms with Crippen LogP contribution in [0.3, 0.4) is 0 Å². The van der Waals surface area contributed by atoms with Gasteiger partial charge in [0.15, 0.2) is 0 Å². The van der Waals surface area contributed by atoms with Crippen molar-refractivity contribution in [1.82, 2.24) is 0 Å². The van der Waals surface area contributed by atoms with Crippen molar-refractivity contribution in [2.75, 3.05) is 6.61 Å². The van der Waals surface area contributed by atoms with E-state index in [0.29, 0.717) is 40.5 Å². The highest BCUT2D eigenvalue weighted by atomic mass is 16.5. The Bertz CT molecular complexity index is 860. The summed E-state index contributed by atoms with van der Waals surface area (Å²) in [5, 5.41) is 0. The van der Waals surface area contributed by atoms with E-state index >= 15 is 0 Å². The maximum absolute atomic E-state index is 12.8. The Morgan fingerprint density at radius 3 is 2.53 bits per heavy atom. The number of hydrogen-bond donors (Lipinski definition) is 0. The van der Waals surface area contributed by atoms with Gasteiger partial charge in [-0.05, 0) is 98.7 Å². The molecule has 3 saturated carbocycles. The summed E-state index contributed by atoms with van der Waals surface area (Å²) < 4.78 is 6.25. The van der Waals surface area contributed by atoms with E-state index in [4.69, 9.17) is 4.74 Å². The molecule has 5 aliphatic rings. The van der Waals surface area contributed by atoms with E-state index in [9.17, 15) is 4.79 Å². The zero-order valence-corrected chi connectivity index (χ0v) is 21.7. The van der Waals surface area contributed by atoms with Gasteiger partial charge in [-0.15, -0.1) is 0 Å². The molecule has 1 aliphatic heterocycles. The zero-order valence-electron chi connectivity index (χ0n) is 21.7. The Labute approximate surface area is 196 Å². The minimum absolute atomic E-state index is 0.171. The smallest absolute Gasteiger partial charge is 0.138 e. The summed E-state index contributed by atoms with van der Waals surface area (Å²) in [7, 11) is 0. The Morgan fingerprint density at radius 1 is 1.06 bits per heavy atom. The number of Topliss-reactive ketones (excluding diaryl/α,β-unsaturated/α-hetero) is 1. The fraction of sp³-hybridized carbons (Fsp3) is 0.833. The molecular formula is C30H46O2. The van der Waals surface area contributed by atoms with Gasteiger partial charge in [-0.3, -0.25) is 4.79 Å². The first-order valence-corrected chi connectivity index (χ1v) is 13.4. The van der Waals surface area contributed by atoms with Gasteiger partial charge >= 0.3 is 0 Å². The minimum atomic E-state index is -0.171. The van der Waals surface area contributed by atoms with Crippen LogP contribution in [0, 0.1) is 45.3 Å². The van der Waals surface area contributed by atoms with Gasteiger partial charge in [0.2, 0.25) is 0 Å². The molecule has 8 atom stereocenters. The maximum Gasteiger partial charge on any atom is 0.138 e. The standard InChI is InChI=1S/C30H46O2/c1-19(2)16-21-17-20(18-32-21)22-10-14-30(7)24-8-9-25-27(3,4)26(31)12-13-28(25,5)23(24)11-15-29(22,30)6/h8,16,20-23,25H,9-15,17-18H2,1-7H3/t20-,21+,22+,23-,25+,28-,29+,30-/m1/s1. The molecule has 4 fully saturated rings. The van der Waals surface area contributed by atoms with Crippen LogP contribution in [0.15, 0.2) is 23.3 Å². The maximum atomic E-state index is 12.8. The zero-order chi connectivity index (χ0) is 23.1. The summed E-state index contributed by atoms with van der Waals surface area (Å²) in [6.07, 6.45) is 14.9. The molecular weight excluding hydrogens is 392 g/mol. The van der Waals surface area contributed by atoms with Gasteiger partial charge in [-0.1, -0.05) is 57.9 Å². The van der Waals surface area contributed by atoms with E-state index in [1.165, 1.54) is 37.7 Å². The predicted molar refractivity (Wildman–Crippen MR) is 131 cm³/mol. The fourth-order valence-corrected chi connectivity index (χ4v) is 9.76. The molecule has 0 aromatic rings. The van der Waals surface area contributed by atoms with Gasteiger partial charge < -0.3 is 4.74 Å². The largest absolute Gasteiger partial charge is 0.374 e. The lowest BCUT2D eigenvalue weighted by molar-refractivity contribution is -0.146. The molecule has 1 saturated heterocycles. The van der Waals surface area contributed by atoms with Crippen molar-refractivity contribution in [2.45, 2.75) is 106 Å². The third-order valence-corrected chi connectivity index (χ3v) is 11.8. The molecule has 5 rings (SSSR count). The van der Waals surface area contributed by atoms with E-state index < -0.39 is 0 Å². The Hall–Kier alpha value is -0.890. The first-order valence-electron chi connectivity index (χ1n) is 13.4. The highest BCUT2D eigenvalue weighted by molar-refractivity contribution is 5.85. The van der Waals surface area contributed by atoms with Gasteiger partial charge in [0, 0.05) is 11.8 Å². The van der Waals surface area contributed by atoms with Crippen LogP contribution in [-0.4, -0.2) is 18.5 Å². The average molecular weight is 439 g/mol. The normalized spacial score (nSPS) is 49.7. The summed E-state index contributed by atoms with van der Waals surface area (Å²) in [6, 6.07) is 0. The van der Waals surface area contributed by atoms with Crippen molar-refractivity contribution >= 4 is 5.78 Å². The second-order valence-corrected chi connectivity index (χ2v) is 13.7. The highest BCUT2D eigenvalue weighted by Gasteiger charge is 2.65. The highest BCUT2D eigenvalue weighted by Crippen LogP contribution is 2.73. The van der Waals surface area contributed by atoms with Gasteiger partial charge in [-0.2, -0.15) is 0 Å². The van der Waals surface area contributed by atoms with Crippen LogP contribution in [0.4, 0.5) is 0 Å². The number of ether oxygens (including phenoxy) is 1. The van der Waals surface area contributed by atoms with Crippen LogP contribution >= 0.6 is 0 Å². The lowest BCUT2D eigenvalue weighted by Crippen LogP contribution is -2.57. The molecule has 0 amide bonds. The Kier molecular flexibility index (Phi) is 5.22. The van der Waals surface area contributed by atoms with Crippen LogP contribution in [0.2, 0.25) is 0 Å². The van der Waals surface area contributed by atoms with E-state index in [1.807, 2.05) is 0 Å². The van der Waals surface area contributed by atoms with Crippen molar-refractivity contribution in [3.63, 3.8) is 0 Å². The lowest BCUT2D eigenvalue weighted by Gasteiger charge is -2.63. The first-order chi connectivity index (χ1) is 14.9. The number of ketones is 1. The second-order valence-electron chi connectivity index (χ2n) is 13.7. The van der Waals surface area contributed by atoms with E-state index in [-0.39, 0.29) is 10.8 Å². The second kappa shape index (κ2) is 7.30. The average Bonchev–Trinajstić information content (AvgIpc) is 3.26. The Morgan fingerprint density at radius 2 is 1.81 bits per heavy atom. The molecule has 32 heavy (non-hydrogen) atoms. The molecule has 4 aliphatic carbocycles. The van der Waals surface area contributed by atoms with E-state index in [1.54, 1.807) is 5.57 Å². The number of carbonyl (C=O) groups is 1. The predicted octanol–water partition coefficient (Wildman–Crippen LogP) is 7.53. The first kappa shape index (κ1) is 22.9. The quantitative estimate of drug-likeness (QED) is 0.416. The van der Waals surface area contributed by atoms with Crippen molar-refractivity contribution in [2.24, 2.45) is 45.3 Å². The lowest BCUT2D eigenvalue weighted by atomic mass is 9.41. The molecule has 0 spiro atoms. The minimum Gasteiger partial charge on any atom is -0.374 e. The number of fused-ring (bicyclic) bond motifs is 5. The number of rotatable bonds is 2. The molecule has 2 nitrogen and oxygen atoms in total. The van der Waals surface area contributed by atoms with Gasteiger partial charge in [0.05, 0.1) is 12.7 Å².